The maximum absolute atomic E-state index is 13.8. The summed E-state index contributed by atoms with van der Waals surface area (Å²) in [5.74, 6) is -1.16. The molecule has 0 bridgehead atoms. The minimum atomic E-state index is -0.841. The van der Waals surface area contributed by atoms with Crippen molar-refractivity contribution in [2.24, 2.45) is 0 Å². The second-order valence-corrected chi connectivity index (χ2v) is 14.2. The fraction of sp³-hybridized carbons (Fsp3) is 0.462. The van der Waals surface area contributed by atoms with Gasteiger partial charge >= 0.3 is 0 Å². The molecule has 0 aliphatic heterocycles. The summed E-state index contributed by atoms with van der Waals surface area (Å²) in [6.45, 7) is 3.78. The number of pyridine rings is 2. The molecule has 2 aromatic heterocycles. The lowest BCUT2D eigenvalue weighted by Crippen LogP contribution is -2.50. The van der Waals surface area contributed by atoms with E-state index in [2.05, 4.69) is 19.4 Å². The summed E-state index contributed by atoms with van der Waals surface area (Å²) in [6, 6.07) is 12.6. The zero-order valence-corrected chi connectivity index (χ0v) is 29.5. The van der Waals surface area contributed by atoms with E-state index in [0.29, 0.717) is 35.6 Å². The first-order valence-electron chi connectivity index (χ1n) is 17.5. The smallest absolute Gasteiger partial charge is 0.261 e. The number of amides is 1. The van der Waals surface area contributed by atoms with Gasteiger partial charge in [-0.2, -0.15) is 0 Å². The van der Waals surface area contributed by atoms with Gasteiger partial charge in [-0.15, -0.1) is 0 Å². The molecule has 1 saturated carbocycles. The normalized spacial score (nSPS) is 13.9. The minimum absolute atomic E-state index is 0.0941. The third kappa shape index (κ3) is 9.23. The lowest BCUT2D eigenvalue weighted by Gasteiger charge is -2.40. The molecular formula is C39H50F2N5O3+. The number of fused-ring (bicyclic) bond motifs is 1. The van der Waals surface area contributed by atoms with Crippen LogP contribution in [0.5, 0.6) is 5.75 Å². The molecule has 4 aromatic rings. The lowest BCUT2D eigenvalue weighted by atomic mass is 9.93. The molecule has 0 atom stereocenters. The van der Waals surface area contributed by atoms with Crippen LogP contribution in [-0.4, -0.2) is 67.3 Å². The zero-order chi connectivity index (χ0) is 35.1. The Balaban J connectivity index is 1.29. The lowest BCUT2D eigenvalue weighted by molar-refractivity contribution is -0.916. The van der Waals surface area contributed by atoms with Crippen molar-refractivity contribution in [1.82, 2.24) is 9.55 Å². The molecule has 0 radical (unpaired) electrons. The Morgan fingerprint density at radius 1 is 0.959 bits per heavy atom. The molecule has 8 nitrogen and oxygen atoms in total. The van der Waals surface area contributed by atoms with Gasteiger partial charge in [0.1, 0.15) is 28.8 Å². The maximum atomic E-state index is 13.8. The Morgan fingerprint density at radius 3 is 2.37 bits per heavy atom. The number of nitrogens with one attached hydrogen (secondary N) is 1. The highest BCUT2D eigenvalue weighted by Gasteiger charge is 2.29. The third-order valence-corrected chi connectivity index (χ3v) is 9.68. The predicted octanol–water partition coefficient (Wildman–Crippen LogP) is 8.03. The number of unbranched alkanes of at least 4 members (excludes halogenated alkanes) is 4. The van der Waals surface area contributed by atoms with E-state index in [1.807, 2.05) is 44.1 Å². The van der Waals surface area contributed by atoms with Crippen LogP contribution in [0.2, 0.25) is 0 Å². The fourth-order valence-corrected chi connectivity index (χ4v) is 6.88. The van der Waals surface area contributed by atoms with Crippen LogP contribution >= 0.6 is 0 Å². The van der Waals surface area contributed by atoms with Gasteiger partial charge in [0, 0.05) is 38.1 Å². The number of aromatic nitrogens is 2. The van der Waals surface area contributed by atoms with Gasteiger partial charge in [0.05, 0.1) is 44.4 Å². The second-order valence-electron chi connectivity index (χ2n) is 14.2. The molecular weight excluding hydrogens is 624 g/mol. The molecule has 5 rings (SSSR count). The molecule has 1 aliphatic rings. The number of aryl methyl sites for hydroxylation is 1. The number of rotatable bonds is 14. The average Bonchev–Trinajstić information content (AvgIpc) is 3.05. The molecule has 0 unspecified atom stereocenters. The number of carbonyl (C=O) groups excluding carboxylic acids is 1. The van der Waals surface area contributed by atoms with E-state index in [0.717, 1.165) is 41.1 Å². The van der Waals surface area contributed by atoms with Crippen LogP contribution in [-0.2, 0) is 0 Å². The summed E-state index contributed by atoms with van der Waals surface area (Å²) in [6.07, 6.45) is 14.0. The van der Waals surface area contributed by atoms with Crippen LogP contribution in [0.15, 0.2) is 59.5 Å². The number of nitrogens with zero attached hydrogens (tertiary/aromatic N) is 4. The summed E-state index contributed by atoms with van der Waals surface area (Å²) in [7, 11) is 8.51. The van der Waals surface area contributed by atoms with Gasteiger partial charge in [-0.1, -0.05) is 19.3 Å². The zero-order valence-electron chi connectivity index (χ0n) is 29.5. The van der Waals surface area contributed by atoms with Crippen molar-refractivity contribution in [2.45, 2.75) is 77.2 Å². The third-order valence-electron chi connectivity index (χ3n) is 9.68. The molecule has 2 aromatic carbocycles. The summed E-state index contributed by atoms with van der Waals surface area (Å²) in [5.41, 5.74) is 1.13. The summed E-state index contributed by atoms with van der Waals surface area (Å²) in [5, 5.41) is 2.69. The maximum Gasteiger partial charge on any atom is 0.261 e. The van der Waals surface area contributed by atoms with Crippen molar-refractivity contribution >= 4 is 28.4 Å². The number of ether oxygens (including phenoxy) is 1. The number of halogens is 2. The molecule has 0 spiro atoms. The molecule has 1 aliphatic carbocycles. The highest BCUT2D eigenvalue weighted by Crippen LogP contribution is 2.27. The molecule has 1 amide bonds. The standard InChI is InChI=1S/C39H49F2N5O3/c1-27-20-31(25-33(21-27)49-19-13-8-6-7-12-18-46(4,5)32-14-10-9-11-15-32)45-26-35(39(48)42-30-23-28(40)22-29(41)24-30)37(47)34-16-17-36(44(2)3)43-38(34)45/h16-17,20-26,32H,6-15,18-19H2,1-5H3/p+1. The largest absolute Gasteiger partial charge is 0.494 e. The first-order valence-corrected chi connectivity index (χ1v) is 17.5. The quantitative estimate of drug-likeness (QED) is 0.108. The number of anilines is 2. The SMILES string of the molecule is Cc1cc(OCCCCCCC[N+](C)(C)C2CCCCC2)cc(-n2cc(C(=O)Nc3cc(F)cc(F)c3)c(=O)c3ccc(N(C)C)nc32)c1. The predicted molar refractivity (Wildman–Crippen MR) is 193 cm³/mol. The van der Waals surface area contributed by atoms with E-state index in [-0.39, 0.29) is 16.6 Å². The van der Waals surface area contributed by atoms with Crippen LogP contribution < -0.4 is 20.4 Å². The van der Waals surface area contributed by atoms with Crippen molar-refractivity contribution in [2.75, 3.05) is 51.6 Å². The van der Waals surface area contributed by atoms with Crippen molar-refractivity contribution in [3.63, 3.8) is 0 Å². The monoisotopic (exact) mass is 674 g/mol. The van der Waals surface area contributed by atoms with Crippen LogP contribution in [0.1, 0.15) is 80.1 Å². The van der Waals surface area contributed by atoms with E-state index in [4.69, 9.17) is 9.72 Å². The van der Waals surface area contributed by atoms with Gasteiger partial charge in [0.15, 0.2) is 5.65 Å². The van der Waals surface area contributed by atoms with Crippen LogP contribution in [0.4, 0.5) is 20.3 Å². The Kier molecular flexibility index (Phi) is 11.7. The van der Waals surface area contributed by atoms with E-state index in [1.165, 1.54) is 64.1 Å². The number of benzene rings is 2. The minimum Gasteiger partial charge on any atom is -0.494 e. The van der Waals surface area contributed by atoms with Gasteiger partial charge in [-0.25, -0.2) is 13.8 Å². The van der Waals surface area contributed by atoms with Crippen molar-refractivity contribution in [3.8, 4) is 11.4 Å². The molecule has 1 N–H and O–H groups in total. The highest BCUT2D eigenvalue weighted by molar-refractivity contribution is 6.05. The average molecular weight is 675 g/mol. The van der Waals surface area contributed by atoms with E-state index >= 15 is 0 Å². The molecule has 2 heterocycles. The Morgan fingerprint density at radius 2 is 1.65 bits per heavy atom. The highest BCUT2D eigenvalue weighted by atomic mass is 19.1. The number of hydrogen-bond donors (Lipinski definition) is 1. The number of quaternary nitrogens is 1. The second kappa shape index (κ2) is 15.9. The molecule has 49 heavy (non-hydrogen) atoms. The first kappa shape index (κ1) is 36.0. The van der Waals surface area contributed by atoms with Gasteiger partial charge < -0.3 is 24.0 Å². The van der Waals surface area contributed by atoms with Gasteiger partial charge in [-0.3, -0.25) is 9.59 Å². The van der Waals surface area contributed by atoms with E-state index in [9.17, 15) is 18.4 Å². The van der Waals surface area contributed by atoms with Crippen LogP contribution in [0, 0.1) is 18.6 Å². The van der Waals surface area contributed by atoms with Gasteiger partial charge in [0.25, 0.3) is 5.91 Å². The van der Waals surface area contributed by atoms with Gasteiger partial charge in [0.2, 0.25) is 5.43 Å². The van der Waals surface area contributed by atoms with Crippen LogP contribution in [0.25, 0.3) is 16.7 Å². The number of carbonyl (C=O) groups is 1. The summed E-state index contributed by atoms with van der Waals surface area (Å²) >= 11 is 0. The Hall–Kier alpha value is -4.31. The first-order chi connectivity index (χ1) is 23.4. The van der Waals surface area contributed by atoms with E-state index in [1.54, 1.807) is 16.7 Å². The Labute approximate surface area is 288 Å². The van der Waals surface area contributed by atoms with Crippen molar-refractivity contribution in [1.29, 1.82) is 0 Å². The number of hydrogen-bond acceptors (Lipinski definition) is 5. The fourth-order valence-electron chi connectivity index (χ4n) is 6.88. The molecule has 1 fully saturated rings. The van der Waals surface area contributed by atoms with Crippen molar-refractivity contribution in [3.05, 3.63) is 87.7 Å². The van der Waals surface area contributed by atoms with Gasteiger partial charge in [-0.05, 0) is 93.8 Å². The van der Waals surface area contributed by atoms with E-state index < -0.39 is 23.0 Å². The summed E-state index contributed by atoms with van der Waals surface area (Å²) in [4.78, 5) is 33.5. The topological polar surface area (TPSA) is 76.5 Å². The van der Waals surface area contributed by atoms with Crippen LogP contribution in [0.3, 0.4) is 0 Å². The summed E-state index contributed by atoms with van der Waals surface area (Å²) < 4.78 is 36.7. The molecule has 0 saturated heterocycles. The molecule has 262 valence electrons. The Bertz CT molecular complexity index is 1810. The van der Waals surface area contributed by atoms with Crippen molar-refractivity contribution < 1.29 is 22.8 Å². The molecule has 10 heteroatoms.